The first kappa shape index (κ1) is 16.0. The Morgan fingerprint density at radius 3 is 2.69 bits per heavy atom. The van der Waals surface area contributed by atoms with Crippen LogP contribution >= 0.6 is 0 Å². The fraction of sp³-hybridized carbons (Fsp3) is 0.105. The molecule has 7 heteroatoms. The van der Waals surface area contributed by atoms with Crippen molar-refractivity contribution < 1.29 is 9.18 Å². The van der Waals surface area contributed by atoms with E-state index in [0.717, 1.165) is 21.9 Å². The fourth-order valence-corrected chi connectivity index (χ4v) is 2.87. The Morgan fingerprint density at radius 2 is 1.85 bits per heavy atom. The smallest absolute Gasteiger partial charge is 0.251 e. The number of para-hydroxylation sites is 1. The van der Waals surface area contributed by atoms with Gasteiger partial charge in [-0.2, -0.15) is 0 Å². The van der Waals surface area contributed by atoms with Crippen molar-refractivity contribution >= 4 is 33.7 Å². The molecule has 6 nitrogen and oxygen atoms in total. The number of halogens is 1. The molecule has 2 aromatic carbocycles. The van der Waals surface area contributed by atoms with Gasteiger partial charge in [-0.25, -0.2) is 14.4 Å². The lowest BCUT2D eigenvalue weighted by Crippen LogP contribution is -2.28. The van der Waals surface area contributed by atoms with Gasteiger partial charge in [-0.05, 0) is 30.3 Å². The van der Waals surface area contributed by atoms with Crippen LogP contribution in [0.4, 0.5) is 10.2 Å². The van der Waals surface area contributed by atoms with Crippen LogP contribution in [0.15, 0.2) is 54.9 Å². The third-order valence-corrected chi connectivity index (χ3v) is 4.11. The average Bonchev–Trinajstić information content (AvgIpc) is 3.05. The molecule has 130 valence electrons. The van der Waals surface area contributed by atoms with Crippen LogP contribution in [0.25, 0.3) is 21.9 Å². The number of anilines is 1. The van der Waals surface area contributed by atoms with Crippen molar-refractivity contribution in [1.29, 1.82) is 0 Å². The third kappa shape index (κ3) is 3.06. The number of rotatable bonds is 5. The molecule has 0 unspecified atom stereocenters. The molecule has 0 saturated heterocycles. The summed E-state index contributed by atoms with van der Waals surface area (Å²) in [6.07, 6.45) is 1.50. The second-order valence-corrected chi connectivity index (χ2v) is 5.81. The fourth-order valence-electron chi connectivity index (χ4n) is 2.87. The predicted molar refractivity (Wildman–Crippen MR) is 98.6 cm³/mol. The largest absolute Gasteiger partial charge is 0.368 e. The zero-order chi connectivity index (χ0) is 17.9. The zero-order valence-electron chi connectivity index (χ0n) is 13.8. The quantitative estimate of drug-likeness (QED) is 0.484. The maximum atomic E-state index is 12.9. The molecule has 2 aromatic heterocycles. The van der Waals surface area contributed by atoms with Gasteiger partial charge in [0.25, 0.3) is 5.91 Å². The van der Waals surface area contributed by atoms with E-state index in [0.29, 0.717) is 24.5 Å². The van der Waals surface area contributed by atoms with E-state index in [4.69, 9.17) is 0 Å². The topological polar surface area (TPSA) is 82.7 Å². The first-order valence-corrected chi connectivity index (χ1v) is 8.21. The Balaban J connectivity index is 1.43. The van der Waals surface area contributed by atoms with E-state index in [9.17, 15) is 9.18 Å². The highest BCUT2D eigenvalue weighted by Crippen LogP contribution is 2.28. The second kappa shape index (κ2) is 6.79. The Hall–Kier alpha value is -3.48. The molecule has 1 amide bonds. The van der Waals surface area contributed by atoms with Crippen molar-refractivity contribution in [2.75, 3.05) is 18.4 Å². The van der Waals surface area contributed by atoms with E-state index >= 15 is 0 Å². The van der Waals surface area contributed by atoms with Gasteiger partial charge in [0.15, 0.2) is 0 Å². The maximum Gasteiger partial charge on any atom is 0.251 e. The van der Waals surface area contributed by atoms with Gasteiger partial charge in [0.1, 0.15) is 23.6 Å². The van der Waals surface area contributed by atoms with Gasteiger partial charge in [0.05, 0.1) is 5.39 Å². The van der Waals surface area contributed by atoms with Crippen LogP contribution in [0.3, 0.4) is 0 Å². The lowest BCUT2D eigenvalue weighted by atomic mass is 10.2. The predicted octanol–water partition coefficient (Wildman–Crippen LogP) is 3.09. The summed E-state index contributed by atoms with van der Waals surface area (Å²) in [7, 11) is 0. The van der Waals surface area contributed by atoms with Crippen molar-refractivity contribution in [1.82, 2.24) is 20.3 Å². The summed E-state index contributed by atoms with van der Waals surface area (Å²) < 4.78 is 12.9. The minimum absolute atomic E-state index is 0.244. The Bertz CT molecular complexity index is 1070. The molecule has 0 atom stereocenters. The number of benzene rings is 2. The van der Waals surface area contributed by atoms with Crippen LogP contribution in [0, 0.1) is 5.82 Å². The van der Waals surface area contributed by atoms with Gasteiger partial charge >= 0.3 is 0 Å². The summed E-state index contributed by atoms with van der Waals surface area (Å²) >= 11 is 0. The van der Waals surface area contributed by atoms with Gasteiger partial charge in [0, 0.05) is 29.6 Å². The lowest BCUT2D eigenvalue weighted by Gasteiger charge is -2.08. The number of carbonyl (C=O) groups excluding carboxylic acids is 1. The van der Waals surface area contributed by atoms with Crippen molar-refractivity contribution in [3.05, 3.63) is 66.2 Å². The molecule has 0 spiro atoms. The standard InChI is InChI=1S/C19H16FN5O/c20-13-7-5-12(6-8-13)19(26)22-10-9-21-17-16-14-3-1-2-4-15(14)25-18(16)24-11-23-17/h1-8,11H,9-10H2,(H,22,26)(H2,21,23,24,25). The molecule has 0 bridgehead atoms. The van der Waals surface area contributed by atoms with Gasteiger partial charge in [-0.1, -0.05) is 18.2 Å². The third-order valence-electron chi connectivity index (χ3n) is 4.11. The van der Waals surface area contributed by atoms with Crippen LogP contribution in [-0.4, -0.2) is 33.9 Å². The highest BCUT2D eigenvalue weighted by Gasteiger charge is 2.10. The molecular formula is C19H16FN5O. The summed E-state index contributed by atoms with van der Waals surface area (Å²) in [4.78, 5) is 23.9. The number of aromatic amines is 1. The number of carbonyl (C=O) groups is 1. The molecule has 4 rings (SSSR count). The minimum Gasteiger partial charge on any atom is -0.368 e. The van der Waals surface area contributed by atoms with Crippen molar-refractivity contribution in [2.45, 2.75) is 0 Å². The van der Waals surface area contributed by atoms with E-state index in [1.165, 1.54) is 30.6 Å². The van der Waals surface area contributed by atoms with Gasteiger partial charge in [-0.15, -0.1) is 0 Å². The van der Waals surface area contributed by atoms with Crippen LogP contribution < -0.4 is 10.6 Å². The molecule has 0 aliphatic heterocycles. The molecule has 0 radical (unpaired) electrons. The van der Waals surface area contributed by atoms with Crippen molar-refractivity contribution in [3.8, 4) is 0 Å². The van der Waals surface area contributed by atoms with Gasteiger partial charge < -0.3 is 15.6 Å². The van der Waals surface area contributed by atoms with Crippen LogP contribution in [0.2, 0.25) is 0 Å². The van der Waals surface area contributed by atoms with Gasteiger partial charge in [0.2, 0.25) is 0 Å². The minimum atomic E-state index is -0.366. The normalized spacial score (nSPS) is 11.0. The Morgan fingerprint density at radius 1 is 1.04 bits per heavy atom. The van der Waals surface area contributed by atoms with E-state index in [-0.39, 0.29) is 11.7 Å². The molecule has 2 heterocycles. The molecule has 0 fully saturated rings. The van der Waals surface area contributed by atoms with Crippen LogP contribution in [-0.2, 0) is 0 Å². The second-order valence-electron chi connectivity index (χ2n) is 5.81. The highest BCUT2D eigenvalue weighted by molar-refractivity contribution is 6.10. The number of nitrogens with one attached hydrogen (secondary N) is 3. The molecule has 3 N–H and O–H groups in total. The van der Waals surface area contributed by atoms with Crippen LogP contribution in [0.1, 0.15) is 10.4 Å². The number of nitrogens with zero attached hydrogens (tertiary/aromatic N) is 2. The summed E-state index contributed by atoms with van der Waals surface area (Å²) in [5.41, 5.74) is 2.18. The SMILES string of the molecule is O=C(NCCNc1ncnc2[nH]c3ccccc3c12)c1ccc(F)cc1. The molecule has 4 aromatic rings. The number of H-pyrrole nitrogens is 1. The Kier molecular flexibility index (Phi) is 4.18. The van der Waals surface area contributed by atoms with E-state index < -0.39 is 0 Å². The number of amides is 1. The lowest BCUT2D eigenvalue weighted by molar-refractivity contribution is 0.0955. The molecular weight excluding hydrogens is 333 g/mol. The number of aromatic nitrogens is 3. The summed E-state index contributed by atoms with van der Waals surface area (Å²) in [5, 5.41) is 8.00. The maximum absolute atomic E-state index is 12.9. The monoisotopic (exact) mass is 349 g/mol. The highest BCUT2D eigenvalue weighted by atomic mass is 19.1. The van der Waals surface area contributed by atoms with Gasteiger partial charge in [-0.3, -0.25) is 4.79 Å². The number of hydrogen-bond acceptors (Lipinski definition) is 4. The van der Waals surface area contributed by atoms with Crippen molar-refractivity contribution in [3.63, 3.8) is 0 Å². The van der Waals surface area contributed by atoms with E-state index in [1.54, 1.807) is 0 Å². The number of hydrogen-bond donors (Lipinski definition) is 3. The number of fused-ring (bicyclic) bond motifs is 3. The summed E-state index contributed by atoms with van der Waals surface area (Å²) in [6.45, 7) is 0.905. The summed E-state index contributed by atoms with van der Waals surface area (Å²) in [6, 6.07) is 13.4. The Labute approximate surface area is 148 Å². The first-order valence-electron chi connectivity index (χ1n) is 8.21. The summed E-state index contributed by atoms with van der Waals surface area (Å²) in [5.74, 6) is 0.102. The molecule has 0 saturated carbocycles. The van der Waals surface area contributed by atoms with E-state index in [2.05, 4.69) is 25.6 Å². The zero-order valence-corrected chi connectivity index (χ0v) is 13.8. The molecule has 0 aliphatic rings. The average molecular weight is 349 g/mol. The van der Waals surface area contributed by atoms with Crippen molar-refractivity contribution in [2.24, 2.45) is 0 Å². The van der Waals surface area contributed by atoms with Crippen LogP contribution in [0.5, 0.6) is 0 Å². The van der Waals surface area contributed by atoms with E-state index in [1.807, 2.05) is 24.3 Å². The first-order chi connectivity index (χ1) is 12.7. The molecule has 26 heavy (non-hydrogen) atoms. The molecule has 0 aliphatic carbocycles.